The van der Waals surface area contributed by atoms with E-state index in [0.717, 1.165) is 50.5 Å². The van der Waals surface area contributed by atoms with Crippen LogP contribution in [0.15, 0.2) is 54.6 Å². The number of amides is 3. The van der Waals surface area contributed by atoms with Crippen molar-refractivity contribution in [2.24, 2.45) is 11.3 Å². The Balaban J connectivity index is 1.20. The fourth-order valence-corrected chi connectivity index (χ4v) is 8.82. The molecule has 247 valence electrons. The maximum atomic E-state index is 14.0. The van der Waals surface area contributed by atoms with Gasteiger partial charge in [0.1, 0.15) is 6.61 Å². The lowest BCUT2D eigenvalue weighted by molar-refractivity contribution is -0.132. The summed E-state index contributed by atoms with van der Waals surface area (Å²) in [6.07, 6.45) is 8.86. The van der Waals surface area contributed by atoms with Crippen LogP contribution in [0, 0.1) is 11.3 Å². The molecule has 11 heteroatoms. The van der Waals surface area contributed by atoms with Crippen molar-refractivity contribution in [2.45, 2.75) is 94.9 Å². The molecule has 2 aromatic rings. The van der Waals surface area contributed by atoms with Crippen LogP contribution in [0.25, 0.3) is 0 Å². The number of hydrogen-bond donors (Lipinski definition) is 2. The van der Waals surface area contributed by atoms with Crippen LogP contribution in [0.2, 0.25) is 11.1 Å². The molecule has 0 bridgehead atoms. The first kappa shape index (κ1) is 34.0. The molecule has 3 saturated carbocycles. The van der Waals surface area contributed by atoms with Crippen LogP contribution < -0.4 is 10.3 Å². The van der Waals surface area contributed by atoms with Crippen LogP contribution in [0.5, 0.6) is 0 Å². The van der Waals surface area contributed by atoms with E-state index in [-0.39, 0.29) is 36.4 Å². The molecule has 2 atom stereocenters. The number of halogens is 1. The summed E-state index contributed by atoms with van der Waals surface area (Å²) in [5, 5.41) is 3.46. The number of rotatable bonds is 14. The van der Waals surface area contributed by atoms with E-state index in [4.69, 9.17) is 21.1 Å². The minimum atomic E-state index is -2.23. The molecule has 0 aliphatic heterocycles. The summed E-state index contributed by atoms with van der Waals surface area (Å²) >= 11 is 6.05. The molecule has 3 amide bonds. The number of carbonyl (C=O) groups is 4. The van der Waals surface area contributed by atoms with E-state index in [2.05, 4.69) is 22.4 Å². The SMILES string of the molecule is COC(=O)[Si](CCC(=O)N(C)C1(Cc2ccccc2)CC1)NC(=O)[C@]1(CC2CCCCC2)CC1NC(=O)OCc1cccc(Cl)c1. The number of alkyl carbamates (subject to hydrolysis) is 1. The summed E-state index contributed by atoms with van der Waals surface area (Å²) in [7, 11) is 0.916. The van der Waals surface area contributed by atoms with Gasteiger partial charge in [-0.15, -0.1) is 0 Å². The molecule has 5 rings (SSSR count). The van der Waals surface area contributed by atoms with Crippen LogP contribution in [0.3, 0.4) is 0 Å². The maximum Gasteiger partial charge on any atom is 0.407 e. The summed E-state index contributed by atoms with van der Waals surface area (Å²) in [6.45, 7) is 0.0610. The van der Waals surface area contributed by atoms with Gasteiger partial charge >= 0.3 is 15.1 Å². The fourth-order valence-electron chi connectivity index (χ4n) is 6.95. The Kier molecular flexibility index (Phi) is 11.1. The molecule has 2 aromatic carbocycles. The van der Waals surface area contributed by atoms with Gasteiger partial charge in [0.05, 0.1) is 12.5 Å². The van der Waals surface area contributed by atoms with Gasteiger partial charge in [0.15, 0.2) is 0 Å². The van der Waals surface area contributed by atoms with Crippen LogP contribution in [-0.2, 0) is 32.1 Å². The van der Waals surface area contributed by atoms with Crippen LogP contribution in [0.1, 0.15) is 75.3 Å². The number of carbonyl (C=O) groups excluding carboxylic acids is 4. The molecule has 1 radical (unpaired) electrons. The predicted octanol–water partition coefficient (Wildman–Crippen LogP) is 6.37. The highest BCUT2D eigenvalue weighted by molar-refractivity contribution is 6.88. The van der Waals surface area contributed by atoms with Crippen molar-refractivity contribution in [3.63, 3.8) is 0 Å². The van der Waals surface area contributed by atoms with E-state index >= 15 is 0 Å². The number of nitrogens with one attached hydrogen (secondary N) is 2. The van der Waals surface area contributed by atoms with Gasteiger partial charge in [-0.05, 0) is 67.3 Å². The molecule has 0 spiro atoms. The summed E-state index contributed by atoms with van der Waals surface area (Å²) in [4.78, 5) is 57.9. The van der Waals surface area contributed by atoms with Gasteiger partial charge in [-0.25, -0.2) is 4.79 Å². The summed E-state index contributed by atoms with van der Waals surface area (Å²) in [5.74, 6) is 0.0811. The van der Waals surface area contributed by atoms with Crippen LogP contribution >= 0.6 is 11.6 Å². The zero-order chi connectivity index (χ0) is 32.7. The van der Waals surface area contributed by atoms with Gasteiger partial charge in [-0.3, -0.25) is 14.4 Å². The first-order chi connectivity index (χ1) is 22.1. The number of methoxy groups -OCH3 is 1. The fraction of sp³-hybridized carbons (Fsp3) is 0.543. The van der Waals surface area contributed by atoms with E-state index in [9.17, 15) is 19.2 Å². The third kappa shape index (κ3) is 8.50. The Morgan fingerprint density at radius 1 is 1.00 bits per heavy atom. The largest absolute Gasteiger partial charge is 0.472 e. The number of nitrogens with zero attached hydrogens (tertiary/aromatic N) is 1. The first-order valence-electron chi connectivity index (χ1n) is 16.4. The third-order valence-corrected chi connectivity index (χ3v) is 12.2. The quantitative estimate of drug-likeness (QED) is 0.226. The van der Waals surface area contributed by atoms with E-state index in [1.807, 2.05) is 36.2 Å². The Morgan fingerprint density at radius 2 is 1.72 bits per heavy atom. The van der Waals surface area contributed by atoms with Gasteiger partial charge in [0.2, 0.25) is 11.8 Å². The monoisotopic (exact) mass is 666 g/mol. The molecular formula is C35H45ClN3O6Si. The standard InChI is InChI=1S/C35H45ClN3O6Si/c1-39(34(17-18-34)21-25-10-5-3-6-11-25)30(40)16-19-46(33(43)44-2)38-31(41)35(22-26-12-7-4-8-13-26)23-29(35)37-32(42)45-24-27-14-9-15-28(36)20-27/h3,5-6,9-11,14-15,20,26,29H,4,7-8,12-13,16-19,21-24H2,1-2H3,(H,37,42)(H,38,41)/t29?,35-/m1/s1. The number of likely N-dealkylation sites (N-methyl/N-ethyl adjacent to an activating group) is 1. The molecule has 0 saturated heterocycles. The minimum Gasteiger partial charge on any atom is -0.472 e. The topological polar surface area (TPSA) is 114 Å². The molecular weight excluding hydrogens is 622 g/mol. The molecule has 3 fully saturated rings. The maximum absolute atomic E-state index is 14.0. The van der Waals surface area contributed by atoms with Crippen molar-refractivity contribution in [2.75, 3.05) is 14.2 Å². The lowest BCUT2D eigenvalue weighted by Gasteiger charge is -2.29. The average Bonchev–Trinajstić information content (AvgIpc) is 3.99. The van der Waals surface area contributed by atoms with E-state index in [0.29, 0.717) is 23.8 Å². The molecule has 0 aromatic heterocycles. The highest BCUT2D eigenvalue weighted by atomic mass is 35.5. The van der Waals surface area contributed by atoms with Crippen molar-refractivity contribution in [3.05, 3.63) is 70.7 Å². The molecule has 2 N–H and O–H groups in total. The van der Waals surface area contributed by atoms with E-state index in [1.165, 1.54) is 19.1 Å². The smallest absolute Gasteiger partial charge is 0.407 e. The van der Waals surface area contributed by atoms with Crippen LogP contribution in [0.4, 0.5) is 9.59 Å². The highest BCUT2D eigenvalue weighted by Crippen LogP contribution is 2.53. The van der Waals surface area contributed by atoms with Crippen molar-refractivity contribution >= 4 is 44.1 Å². The van der Waals surface area contributed by atoms with Gasteiger partial charge in [0, 0.05) is 30.1 Å². The predicted molar refractivity (Wildman–Crippen MR) is 177 cm³/mol. The Bertz CT molecular complexity index is 1400. The lowest BCUT2D eigenvalue weighted by atomic mass is 9.81. The molecule has 3 aliphatic rings. The molecule has 0 heterocycles. The number of ether oxygens (including phenoxy) is 2. The normalized spacial score (nSPS) is 21.6. The zero-order valence-corrected chi connectivity index (χ0v) is 28.6. The minimum absolute atomic E-state index is 0.0422. The van der Waals surface area contributed by atoms with Crippen molar-refractivity contribution in [1.82, 2.24) is 15.2 Å². The Labute approximate surface area is 278 Å². The second-order valence-corrected chi connectivity index (χ2v) is 15.8. The number of hydrogen-bond acceptors (Lipinski definition) is 6. The highest BCUT2D eigenvalue weighted by Gasteiger charge is 2.62. The van der Waals surface area contributed by atoms with Gasteiger partial charge in [0.25, 0.3) is 5.59 Å². The van der Waals surface area contributed by atoms with E-state index < -0.39 is 32.1 Å². The Hall–Kier alpha value is -3.37. The van der Waals surface area contributed by atoms with Gasteiger partial charge in [-0.1, -0.05) is 86.2 Å². The third-order valence-electron chi connectivity index (χ3n) is 10.0. The lowest BCUT2D eigenvalue weighted by Crippen LogP contribution is -2.51. The first-order valence-corrected chi connectivity index (χ1v) is 18.5. The molecule has 1 unspecified atom stereocenters. The van der Waals surface area contributed by atoms with Crippen molar-refractivity contribution in [3.8, 4) is 0 Å². The zero-order valence-electron chi connectivity index (χ0n) is 26.8. The second kappa shape index (κ2) is 15.0. The summed E-state index contributed by atoms with van der Waals surface area (Å²) in [6, 6.07) is 17.1. The van der Waals surface area contributed by atoms with Gasteiger partial charge < -0.3 is 24.7 Å². The van der Waals surface area contributed by atoms with Crippen molar-refractivity contribution < 1.29 is 28.7 Å². The molecule has 9 nitrogen and oxygen atoms in total. The Morgan fingerprint density at radius 3 is 2.39 bits per heavy atom. The second-order valence-electron chi connectivity index (χ2n) is 13.2. The van der Waals surface area contributed by atoms with E-state index in [1.54, 1.807) is 18.2 Å². The summed E-state index contributed by atoms with van der Waals surface area (Å²) in [5.41, 5.74) is 0.449. The average molecular weight is 667 g/mol. The number of benzene rings is 2. The summed E-state index contributed by atoms with van der Waals surface area (Å²) < 4.78 is 10.5. The molecule has 46 heavy (non-hydrogen) atoms. The van der Waals surface area contributed by atoms with Gasteiger partial charge in [-0.2, -0.15) is 0 Å². The molecule has 3 aliphatic carbocycles. The van der Waals surface area contributed by atoms with Crippen LogP contribution in [-0.4, -0.2) is 63.1 Å². The van der Waals surface area contributed by atoms with Crippen molar-refractivity contribution in [1.29, 1.82) is 0 Å².